The summed E-state index contributed by atoms with van der Waals surface area (Å²) in [5, 5.41) is 4.88. The highest BCUT2D eigenvalue weighted by Crippen LogP contribution is 2.22. The summed E-state index contributed by atoms with van der Waals surface area (Å²) >= 11 is 0. The Morgan fingerprint density at radius 2 is 2.06 bits per heavy atom. The minimum absolute atomic E-state index is 0.583. The first kappa shape index (κ1) is 13.2. The van der Waals surface area contributed by atoms with Crippen LogP contribution in [-0.4, -0.2) is 17.2 Å². The van der Waals surface area contributed by atoms with Crippen LogP contribution in [0.2, 0.25) is 0 Å². The van der Waals surface area contributed by atoms with Crippen molar-refractivity contribution < 1.29 is 0 Å². The normalized spacial score (nSPS) is 11.6. The Morgan fingerprint density at radius 3 is 2.78 bits per heavy atom. The van der Waals surface area contributed by atoms with Crippen LogP contribution in [-0.2, 0) is 13.5 Å². The molecule has 0 aliphatic carbocycles. The molecular weight excluding hydrogens is 220 g/mol. The predicted molar refractivity (Wildman–Crippen MR) is 79.1 cm³/mol. The molecule has 98 valence electrons. The maximum absolute atomic E-state index is 3.47. The molecule has 0 spiro atoms. The molecule has 0 atom stereocenters. The number of rotatable bonds is 5. The molecule has 1 aromatic carbocycles. The van der Waals surface area contributed by atoms with E-state index in [4.69, 9.17) is 0 Å². The van der Waals surface area contributed by atoms with Crippen LogP contribution in [0.1, 0.15) is 31.4 Å². The average Bonchev–Trinajstić information content (AvgIpc) is 2.61. The fourth-order valence-corrected chi connectivity index (χ4v) is 2.45. The molecule has 0 unspecified atom stereocenters. The summed E-state index contributed by atoms with van der Waals surface area (Å²) in [5.74, 6) is 0. The third-order valence-corrected chi connectivity index (χ3v) is 3.40. The number of fused-ring (bicyclic) bond motifs is 1. The van der Waals surface area contributed by atoms with Gasteiger partial charge in [-0.05, 0) is 43.5 Å². The highest BCUT2D eigenvalue weighted by molar-refractivity contribution is 5.84. The van der Waals surface area contributed by atoms with E-state index in [1.807, 2.05) is 0 Å². The number of nitrogens with zero attached hydrogens (tertiary/aromatic N) is 1. The third kappa shape index (κ3) is 2.94. The van der Waals surface area contributed by atoms with Gasteiger partial charge in [-0.25, -0.2) is 0 Å². The van der Waals surface area contributed by atoms with Crippen molar-refractivity contribution in [2.24, 2.45) is 7.05 Å². The van der Waals surface area contributed by atoms with Gasteiger partial charge >= 0.3 is 0 Å². The van der Waals surface area contributed by atoms with E-state index in [0.29, 0.717) is 6.04 Å². The average molecular weight is 244 g/mol. The second-order valence-corrected chi connectivity index (χ2v) is 5.50. The van der Waals surface area contributed by atoms with Gasteiger partial charge in [-0.1, -0.05) is 26.0 Å². The molecule has 0 bridgehead atoms. The Kier molecular flexibility index (Phi) is 4.07. The van der Waals surface area contributed by atoms with Crippen molar-refractivity contribution in [2.45, 2.75) is 39.7 Å². The van der Waals surface area contributed by atoms with E-state index < -0.39 is 0 Å². The Morgan fingerprint density at radius 1 is 1.28 bits per heavy atom. The summed E-state index contributed by atoms with van der Waals surface area (Å²) in [7, 11) is 2.14. The minimum atomic E-state index is 0.583. The summed E-state index contributed by atoms with van der Waals surface area (Å²) in [4.78, 5) is 0. The lowest BCUT2D eigenvalue weighted by atomic mass is 10.1. The Bertz CT molecular complexity index is 523. The van der Waals surface area contributed by atoms with Crippen LogP contribution in [0.3, 0.4) is 0 Å². The smallest absolute Gasteiger partial charge is 0.0483 e. The highest BCUT2D eigenvalue weighted by atomic mass is 14.9. The van der Waals surface area contributed by atoms with Crippen LogP contribution in [0.5, 0.6) is 0 Å². The fraction of sp³-hybridized carbons (Fsp3) is 0.500. The largest absolute Gasteiger partial charge is 0.350 e. The molecular formula is C16H24N2. The van der Waals surface area contributed by atoms with Gasteiger partial charge in [0.05, 0.1) is 0 Å². The van der Waals surface area contributed by atoms with Gasteiger partial charge in [0.2, 0.25) is 0 Å². The van der Waals surface area contributed by atoms with Crippen LogP contribution in [0, 0.1) is 6.92 Å². The molecule has 0 aliphatic heterocycles. The molecule has 0 saturated carbocycles. The topological polar surface area (TPSA) is 17.0 Å². The van der Waals surface area contributed by atoms with Crippen LogP contribution < -0.4 is 5.32 Å². The summed E-state index contributed by atoms with van der Waals surface area (Å²) in [6, 6.07) is 7.32. The van der Waals surface area contributed by atoms with E-state index in [-0.39, 0.29) is 0 Å². The van der Waals surface area contributed by atoms with Crippen molar-refractivity contribution in [1.29, 1.82) is 0 Å². The van der Waals surface area contributed by atoms with Crippen LogP contribution >= 0.6 is 0 Å². The second-order valence-electron chi connectivity index (χ2n) is 5.50. The molecule has 0 saturated heterocycles. The van der Waals surface area contributed by atoms with Crippen molar-refractivity contribution in [3.05, 3.63) is 35.5 Å². The number of hydrogen-bond donors (Lipinski definition) is 1. The molecule has 1 heterocycles. The molecule has 2 rings (SSSR count). The van der Waals surface area contributed by atoms with E-state index in [2.05, 4.69) is 62.1 Å². The molecule has 1 aromatic heterocycles. The Balaban J connectivity index is 2.09. The van der Waals surface area contributed by atoms with Gasteiger partial charge in [0.25, 0.3) is 0 Å². The molecule has 0 amide bonds. The molecule has 2 aromatic rings. The molecule has 1 N–H and O–H groups in total. The van der Waals surface area contributed by atoms with Crippen molar-refractivity contribution in [1.82, 2.24) is 9.88 Å². The molecule has 2 nitrogen and oxygen atoms in total. The lowest BCUT2D eigenvalue weighted by molar-refractivity contribution is 0.571. The highest BCUT2D eigenvalue weighted by Gasteiger charge is 2.06. The summed E-state index contributed by atoms with van der Waals surface area (Å²) < 4.78 is 2.24. The fourth-order valence-electron chi connectivity index (χ4n) is 2.45. The Hall–Kier alpha value is -1.28. The second kappa shape index (κ2) is 5.57. The van der Waals surface area contributed by atoms with Gasteiger partial charge in [-0.3, -0.25) is 0 Å². The zero-order valence-corrected chi connectivity index (χ0v) is 12.0. The van der Waals surface area contributed by atoms with Gasteiger partial charge < -0.3 is 9.88 Å². The first-order valence-corrected chi connectivity index (χ1v) is 6.86. The van der Waals surface area contributed by atoms with Crippen LogP contribution in [0.25, 0.3) is 10.9 Å². The van der Waals surface area contributed by atoms with Crippen LogP contribution in [0.15, 0.2) is 24.4 Å². The molecule has 0 radical (unpaired) electrons. The van der Waals surface area contributed by atoms with E-state index in [0.717, 1.165) is 13.0 Å². The Labute approximate surface area is 110 Å². The monoisotopic (exact) mass is 244 g/mol. The van der Waals surface area contributed by atoms with Crippen molar-refractivity contribution in [2.75, 3.05) is 6.54 Å². The van der Waals surface area contributed by atoms with Gasteiger partial charge in [0, 0.05) is 30.2 Å². The van der Waals surface area contributed by atoms with Gasteiger partial charge in [0.15, 0.2) is 0 Å². The summed E-state index contributed by atoms with van der Waals surface area (Å²) in [5.41, 5.74) is 4.15. The number of hydrogen-bond acceptors (Lipinski definition) is 1. The van der Waals surface area contributed by atoms with Gasteiger partial charge in [0.1, 0.15) is 0 Å². The van der Waals surface area contributed by atoms with Crippen molar-refractivity contribution in [3.63, 3.8) is 0 Å². The van der Waals surface area contributed by atoms with Gasteiger partial charge in [-0.2, -0.15) is 0 Å². The minimum Gasteiger partial charge on any atom is -0.350 e. The first-order valence-electron chi connectivity index (χ1n) is 6.86. The lowest BCUT2D eigenvalue weighted by Gasteiger charge is -2.07. The van der Waals surface area contributed by atoms with Crippen molar-refractivity contribution in [3.8, 4) is 0 Å². The van der Waals surface area contributed by atoms with Gasteiger partial charge in [-0.15, -0.1) is 0 Å². The number of benzene rings is 1. The number of nitrogens with one attached hydrogen (secondary N) is 1. The molecule has 0 aliphatic rings. The molecule has 18 heavy (non-hydrogen) atoms. The summed E-state index contributed by atoms with van der Waals surface area (Å²) in [6.07, 6.45) is 4.63. The lowest BCUT2D eigenvalue weighted by Crippen LogP contribution is -2.23. The SMILES string of the molecule is Cc1ccc2c(CCCNC(C)C)cn(C)c2c1. The van der Waals surface area contributed by atoms with E-state index in [9.17, 15) is 0 Å². The zero-order chi connectivity index (χ0) is 13.1. The van der Waals surface area contributed by atoms with Crippen molar-refractivity contribution >= 4 is 10.9 Å². The van der Waals surface area contributed by atoms with E-state index in [1.165, 1.54) is 28.5 Å². The van der Waals surface area contributed by atoms with E-state index >= 15 is 0 Å². The molecule has 0 fully saturated rings. The number of aromatic nitrogens is 1. The standard InChI is InChI=1S/C16H24N2/c1-12(2)17-9-5-6-14-11-18(4)16-10-13(3)7-8-15(14)16/h7-8,10-12,17H,5-6,9H2,1-4H3. The quantitative estimate of drug-likeness (QED) is 0.797. The van der Waals surface area contributed by atoms with Crippen LogP contribution in [0.4, 0.5) is 0 Å². The maximum atomic E-state index is 3.47. The predicted octanol–water partition coefficient (Wildman–Crippen LogP) is 3.42. The first-order chi connectivity index (χ1) is 8.58. The zero-order valence-electron chi connectivity index (χ0n) is 12.0. The third-order valence-electron chi connectivity index (χ3n) is 3.40. The maximum Gasteiger partial charge on any atom is 0.0483 e. The van der Waals surface area contributed by atoms with E-state index in [1.54, 1.807) is 0 Å². The molecule has 2 heteroatoms. The summed E-state index contributed by atoms with van der Waals surface area (Å²) in [6.45, 7) is 7.64. The number of aryl methyl sites for hydroxylation is 3.